The summed E-state index contributed by atoms with van der Waals surface area (Å²) in [5, 5.41) is 0.356. The van der Waals surface area contributed by atoms with E-state index in [9.17, 15) is 4.79 Å². The van der Waals surface area contributed by atoms with Gasteiger partial charge in [-0.05, 0) is 20.7 Å². The number of rotatable bonds is 0. The average molecular weight is 134 g/mol. The second-order valence-electron chi connectivity index (χ2n) is 0.883. The minimum atomic E-state index is -0.206. The van der Waals surface area contributed by atoms with E-state index in [1.165, 1.54) is 10.3 Å². The van der Waals surface area contributed by atoms with Crippen LogP contribution in [-0.4, -0.2) is 4.98 Å². The summed E-state index contributed by atoms with van der Waals surface area (Å²) in [7, 11) is 2.25. The van der Waals surface area contributed by atoms with Gasteiger partial charge < -0.3 is 5.73 Å². The zero-order valence-corrected chi connectivity index (χ0v) is 4.88. The van der Waals surface area contributed by atoms with Crippen molar-refractivity contribution in [2.24, 2.45) is 0 Å². The molecule has 38 valence electrons. The standard InChI is InChI=1S/C2H2N2OS2/c3-1-4-2(5)7-6-1/h(H2,3,4,5). The molecule has 0 aliphatic carbocycles. The van der Waals surface area contributed by atoms with Crippen molar-refractivity contribution in [2.75, 3.05) is 5.73 Å². The number of nitrogens with two attached hydrogens (primary N) is 1. The molecule has 0 spiro atoms. The molecule has 0 aliphatic heterocycles. The Hall–Kier alpha value is -0.420. The second kappa shape index (κ2) is 1.59. The summed E-state index contributed by atoms with van der Waals surface area (Å²) >= 11 is 0. The molecular weight excluding hydrogens is 132 g/mol. The van der Waals surface area contributed by atoms with Crippen molar-refractivity contribution in [1.29, 1.82) is 0 Å². The zero-order chi connectivity index (χ0) is 5.28. The van der Waals surface area contributed by atoms with Crippen LogP contribution in [0.4, 0.5) is 5.13 Å². The number of aromatic nitrogens is 1. The number of nitrogens with zero attached hydrogens (tertiary/aromatic N) is 1. The molecule has 1 aromatic heterocycles. The maximum absolute atomic E-state index is 10.1. The van der Waals surface area contributed by atoms with Crippen LogP contribution in [-0.2, 0) is 0 Å². The third-order valence-corrected chi connectivity index (χ3v) is 2.17. The van der Waals surface area contributed by atoms with E-state index in [0.29, 0.717) is 5.13 Å². The van der Waals surface area contributed by atoms with Gasteiger partial charge in [-0.3, -0.25) is 4.79 Å². The molecule has 0 saturated carbocycles. The number of hydrogen-bond donors (Lipinski definition) is 1. The molecule has 2 N–H and O–H groups in total. The third-order valence-electron chi connectivity index (χ3n) is 0.400. The second-order valence-corrected chi connectivity index (χ2v) is 2.98. The predicted molar refractivity (Wildman–Crippen MR) is 30.7 cm³/mol. The predicted octanol–water partition coefficient (Wildman–Crippen LogP) is 0.147. The van der Waals surface area contributed by atoms with Crippen LogP contribution in [0.3, 0.4) is 0 Å². The fourth-order valence-electron chi connectivity index (χ4n) is 0.206. The van der Waals surface area contributed by atoms with Crippen LogP contribution in [0.5, 0.6) is 0 Å². The first-order chi connectivity index (χ1) is 3.29. The Balaban J connectivity index is 3.30. The molecule has 1 rings (SSSR count). The molecule has 3 nitrogen and oxygen atoms in total. The first kappa shape index (κ1) is 4.73. The van der Waals surface area contributed by atoms with Crippen molar-refractivity contribution in [3.05, 3.63) is 9.67 Å². The number of hydrogen-bond acceptors (Lipinski definition) is 5. The normalized spacial score (nSPS) is 9.14. The van der Waals surface area contributed by atoms with Gasteiger partial charge in [-0.1, -0.05) is 0 Å². The summed E-state index contributed by atoms with van der Waals surface area (Å²) in [6.45, 7) is 0. The van der Waals surface area contributed by atoms with Crippen molar-refractivity contribution < 1.29 is 0 Å². The fraction of sp³-hybridized carbons (Fsp3) is 0. The summed E-state index contributed by atoms with van der Waals surface area (Å²) < 4.78 is 0. The van der Waals surface area contributed by atoms with E-state index < -0.39 is 0 Å². The van der Waals surface area contributed by atoms with Gasteiger partial charge in [-0.15, -0.1) is 0 Å². The highest BCUT2D eigenvalue weighted by Gasteiger charge is 1.88. The van der Waals surface area contributed by atoms with Gasteiger partial charge in [0.15, 0.2) is 5.13 Å². The van der Waals surface area contributed by atoms with Crippen molar-refractivity contribution >= 4 is 25.8 Å². The van der Waals surface area contributed by atoms with Crippen molar-refractivity contribution in [3.8, 4) is 0 Å². The lowest BCUT2D eigenvalue weighted by Gasteiger charge is -1.65. The Bertz CT molecular complexity index is 201. The molecular formula is C2H2N2OS2. The molecule has 0 bridgehead atoms. The molecule has 0 saturated heterocycles. The highest BCUT2D eigenvalue weighted by atomic mass is 32.9. The summed E-state index contributed by atoms with van der Waals surface area (Å²) in [6.07, 6.45) is 0. The smallest absolute Gasteiger partial charge is 0.338 e. The quantitative estimate of drug-likeness (QED) is 0.514. The van der Waals surface area contributed by atoms with E-state index in [1.807, 2.05) is 0 Å². The van der Waals surface area contributed by atoms with E-state index in [4.69, 9.17) is 5.73 Å². The Labute approximate surface area is 46.8 Å². The van der Waals surface area contributed by atoms with Crippen molar-refractivity contribution in [3.63, 3.8) is 0 Å². The first-order valence-electron chi connectivity index (χ1n) is 1.51. The van der Waals surface area contributed by atoms with Crippen LogP contribution in [0, 0.1) is 0 Å². The van der Waals surface area contributed by atoms with Crippen molar-refractivity contribution in [1.82, 2.24) is 4.98 Å². The molecule has 1 heterocycles. The van der Waals surface area contributed by atoms with Crippen LogP contribution in [0.25, 0.3) is 0 Å². The topological polar surface area (TPSA) is 56.0 Å². The van der Waals surface area contributed by atoms with Crippen molar-refractivity contribution in [2.45, 2.75) is 0 Å². The number of nitrogen functional groups attached to an aromatic ring is 1. The minimum Gasteiger partial charge on any atom is -0.374 e. The molecule has 0 atom stereocenters. The van der Waals surface area contributed by atoms with E-state index in [-0.39, 0.29) is 4.87 Å². The van der Waals surface area contributed by atoms with Gasteiger partial charge in [0.25, 0.3) is 0 Å². The van der Waals surface area contributed by atoms with Crippen LogP contribution < -0.4 is 10.6 Å². The van der Waals surface area contributed by atoms with Crippen LogP contribution in [0.1, 0.15) is 0 Å². The van der Waals surface area contributed by atoms with Gasteiger partial charge in [-0.2, -0.15) is 4.98 Å². The number of anilines is 1. The lowest BCUT2D eigenvalue weighted by molar-refractivity contribution is 1.37. The van der Waals surface area contributed by atoms with Crippen LogP contribution in [0.15, 0.2) is 4.79 Å². The molecule has 0 radical (unpaired) electrons. The Morgan fingerprint density at radius 2 is 2.29 bits per heavy atom. The van der Waals surface area contributed by atoms with E-state index in [1.54, 1.807) is 0 Å². The van der Waals surface area contributed by atoms with Crippen LogP contribution >= 0.6 is 20.7 Å². The van der Waals surface area contributed by atoms with Gasteiger partial charge in [0.2, 0.25) is 0 Å². The molecule has 0 amide bonds. The fourth-order valence-corrected chi connectivity index (χ4v) is 1.37. The van der Waals surface area contributed by atoms with Crippen LogP contribution in [0.2, 0.25) is 0 Å². The van der Waals surface area contributed by atoms with Gasteiger partial charge in [-0.25, -0.2) is 0 Å². The molecule has 5 heteroatoms. The van der Waals surface area contributed by atoms with Gasteiger partial charge >= 0.3 is 4.87 Å². The summed E-state index contributed by atoms with van der Waals surface area (Å²) in [5.74, 6) is 0. The van der Waals surface area contributed by atoms with E-state index >= 15 is 0 Å². The summed E-state index contributed by atoms with van der Waals surface area (Å²) in [4.78, 5) is 13.3. The highest BCUT2D eigenvalue weighted by Crippen LogP contribution is 2.05. The summed E-state index contributed by atoms with van der Waals surface area (Å²) in [6, 6.07) is 0. The maximum atomic E-state index is 10.1. The molecule has 7 heavy (non-hydrogen) atoms. The molecule has 0 unspecified atom stereocenters. The van der Waals surface area contributed by atoms with E-state index in [2.05, 4.69) is 4.98 Å². The SMILES string of the molecule is Nc1nc(=O)ss1. The third kappa shape index (κ3) is 0.971. The average Bonchev–Trinajstić information content (AvgIpc) is 1.87. The van der Waals surface area contributed by atoms with Gasteiger partial charge in [0, 0.05) is 0 Å². The largest absolute Gasteiger partial charge is 0.374 e. The monoisotopic (exact) mass is 134 g/mol. The lowest BCUT2D eigenvalue weighted by atomic mass is 11.2. The molecule has 1 aromatic rings. The summed E-state index contributed by atoms with van der Waals surface area (Å²) in [5.41, 5.74) is 5.10. The highest BCUT2D eigenvalue weighted by molar-refractivity contribution is 7.69. The first-order valence-corrected chi connectivity index (χ1v) is 3.66. The molecule has 0 aromatic carbocycles. The van der Waals surface area contributed by atoms with Gasteiger partial charge in [0.05, 0.1) is 0 Å². The molecule has 0 fully saturated rings. The Morgan fingerprint density at radius 3 is 2.43 bits per heavy atom. The molecule has 0 aliphatic rings. The van der Waals surface area contributed by atoms with E-state index in [0.717, 1.165) is 10.3 Å². The zero-order valence-electron chi connectivity index (χ0n) is 3.25. The maximum Gasteiger partial charge on any atom is 0.338 e. The van der Waals surface area contributed by atoms with Gasteiger partial charge in [0.1, 0.15) is 0 Å². The lowest BCUT2D eigenvalue weighted by Crippen LogP contribution is -1.93. The minimum absolute atomic E-state index is 0.206. The Kier molecular flexibility index (Phi) is 1.07. The Morgan fingerprint density at radius 1 is 1.57 bits per heavy atom.